The molecule has 130 valence electrons. The third kappa shape index (κ3) is 4.08. The maximum Gasteiger partial charge on any atom is 0.211 e. The van der Waals surface area contributed by atoms with E-state index in [-0.39, 0.29) is 23.3 Å². The zero-order valence-electron chi connectivity index (χ0n) is 13.7. The average Bonchev–Trinajstić information content (AvgIpc) is 2.61. The van der Waals surface area contributed by atoms with Crippen molar-refractivity contribution < 1.29 is 9.66 Å². The second-order valence-electron chi connectivity index (χ2n) is 6.44. The van der Waals surface area contributed by atoms with Crippen LogP contribution in [0.15, 0.2) is 36.0 Å². The molecule has 6 heteroatoms. The highest BCUT2D eigenvalue weighted by atomic mass is 35.5. The van der Waals surface area contributed by atoms with Crippen LogP contribution in [0, 0.1) is 16.0 Å². The minimum absolute atomic E-state index is 0.0476. The van der Waals surface area contributed by atoms with Crippen LogP contribution in [-0.2, 0) is 4.74 Å². The number of nitro groups is 1. The summed E-state index contributed by atoms with van der Waals surface area (Å²) in [5.74, 6) is 0.0649. The third-order valence-corrected chi connectivity index (χ3v) is 5.21. The largest absolute Gasteiger partial charge is 0.378 e. The molecule has 0 bridgehead atoms. The molecule has 0 saturated carbocycles. The summed E-state index contributed by atoms with van der Waals surface area (Å²) in [6, 6.07) is 7.51. The maximum atomic E-state index is 11.3. The highest BCUT2D eigenvalue weighted by Crippen LogP contribution is 2.39. The van der Waals surface area contributed by atoms with Gasteiger partial charge in [-0.2, -0.15) is 0 Å². The van der Waals surface area contributed by atoms with Gasteiger partial charge < -0.3 is 9.64 Å². The highest BCUT2D eigenvalue weighted by Gasteiger charge is 2.34. The van der Waals surface area contributed by atoms with E-state index in [0.29, 0.717) is 5.02 Å². The van der Waals surface area contributed by atoms with Gasteiger partial charge in [-0.1, -0.05) is 29.8 Å². The van der Waals surface area contributed by atoms with Crippen molar-refractivity contribution in [1.82, 2.24) is 4.90 Å². The number of allylic oxidation sites excluding steroid dienone is 2. The van der Waals surface area contributed by atoms with E-state index < -0.39 is 0 Å². The summed E-state index contributed by atoms with van der Waals surface area (Å²) in [4.78, 5) is 13.5. The van der Waals surface area contributed by atoms with Crippen molar-refractivity contribution in [2.24, 2.45) is 5.92 Å². The van der Waals surface area contributed by atoms with Crippen LogP contribution in [0.2, 0.25) is 5.02 Å². The van der Waals surface area contributed by atoms with E-state index in [1.807, 2.05) is 24.3 Å². The van der Waals surface area contributed by atoms with Crippen molar-refractivity contribution in [2.75, 3.05) is 32.8 Å². The van der Waals surface area contributed by atoms with E-state index in [4.69, 9.17) is 16.3 Å². The number of nitrogens with zero attached hydrogens (tertiary/aromatic N) is 2. The van der Waals surface area contributed by atoms with Crippen LogP contribution in [0.5, 0.6) is 0 Å². The highest BCUT2D eigenvalue weighted by molar-refractivity contribution is 6.30. The lowest BCUT2D eigenvalue weighted by Gasteiger charge is -2.39. The Bertz CT molecular complexity index is 597. The first kappa shape index (κ1) is 17.2. The first-order chi connectivity index (χ1) is 11.6. The van der Waals surface area contributed by atoms with Gasteiger partial charge in [0.25, 0.3) is 0 Å². The van der Waals surface area contributed by atoms with Crippen molar-refractivity contribution in [3.8, 4) is 0 Å². The molecular weight excluding hydrogens is 328 g/mol. The lowest BCUT2D eigenvalue weighted by molar-refractivity contribution is -0.484. The van der Waals surface area contributed by atoms with Crippen LogP contribution < -0.4 is 0 Å². The Labute approximate surface area is 147 Å². The van der Waals surface area contributed by atoms with Crippen LogP contribution in [0.3, 0.4) is 0 Å². The monoisotopic (exact) mass is 350 g/mol. The lowest BCUT2D eigenvalue weighted by Crippen LogP contribution is -2.40. The SMILES string of the molecule is O=[N+]([O-])CC(c1ccc(Cl)cc1)C1CCCC=C1N1CCOCC1. The van der Waals surface area contributed by atoms with E-state index in [2.05, 4.69) is 11.0 Å². The Morgan fingerprint density at radius 3 is 2.67 bits per heavy atom. The first-order valence-electron chi connectivity index (χ1n) is 8.55. The Kier molecular flexibility index (Phi) is 5.74. The molecule has 1 heterocycles. The molecule has 2 atom stereocenters. The predicted molar refractivity (Wildman–Crippen MR) is 93.9 cm³/mol. The molecule has 0 aromatic heterocycles. The third-order valence-electron chi connectivity index (χ3n) is 4.96. The minimum Gasteiger partial charge on any atom is -0.378 e. The molecule has 0 amide bonds. The van der Waals surface area contributed by atoms with Crippen LogP contribution in [0.25, 0.3) is 0 Å². The number of hydrogen-bond acceptors (Lipinski definition) is 4. The summed E-state index contributed by atoms with van der Waals surface area (Å²) >= 11 is 5.99. The van der Waals surface area contributed by atoms with Crippen LogP contribution in [0.1, 0.15) is 30.7 Å². The van der Waals surface area contributed by atoms with Crippen molar-refractivity contribution in [3.63, 3.8) is 0 Å². The average molecular weight is 351 g/mol. The van der Waals surface area contributed by atoms with Gasteiger partial charge in [0.2, 0.25) is 6.54 Å². The molecule has 3 rings (SSSR count). The van der Waals surface area contributed by atoms with Gasteiger partial charge >= 0.3 is 0 Å². The predicted octanol–water partition coefficient (Wildman–Crippen LogP) is 3.72. The van der Waals surface area contributed by atoms with E-state index in [9.17, 15) is 10.1 Å². The Morgan fingerprint density at radius 1 is 1.29 bits per heavy atom. The summed E-state index contributed by atoms with van der Waals surface area (Å²) in [7, 11) is 0. The summed E-state index contributed by atoms with van der Waals surface area (Å²) < 4.78 is 5.46. The van der Waals surface area contributed by atoms with E-state index >= 15 is 0 Å². The molecule has 24 heavy (non-hydrogen) atoms. The second-order valence-corrected chi connectivity index (χ2v) is 6.88. The molecule has 0 spiro atoms. The van der Waals surface area contributed by atoms with Crippen molar-refractivity contribution in [1.29, 1.82) is 0 Å². The summed E-state index contributed by atoms with van der Waals surface area (Å²) in [6.45, 7) is 3.14. The fourth-order valence-electron chi connectivity index (χ4n) is 3.81. The molecule has 0 radical (unpaired) electrons. The number of ether oxygens (including phenoxy) is 1. The lowest BCUT2D eigenvalue weighted by atomic mass is 9.77. The Hall–Kier alpha value is -1.59. The van der Waals surface area contributed by atoms with Crippen LogP contribution >= 0.6 is 11.6 Å². The normalized spacial score (nSPS) is 22.8. The standard InChI is InChI=1S/C18H23ClN2O3/c19-15-7-5-14(6-8-15)17(13-21(22)23)16-3-1-2-4-18(16)20-9-11-24-12-10-20/h4-8,16-17H,1-3,9-13H2. The number of morpholine rings is 1. The molecule has 1 aliphatic carbocycles. The van der Waals surface area contributed by atoms with Crippen molar-refractivity contribution >= 4 is 11.6 Å². The first-order valence-corrected chi connectivity index (χ1v) is 8.93. The number of halogens is 1. The molecule has 1 aliphatic heterocycles. The quantitative estimate of drug-likeness (QED) is 0.600. The summed E-state index contributed by atoms with van der Waals surface area (Å²) in [5, 5.41) is 12.0. The van der Waals surface area contributed by atoms with Gasteiger partial charge in [-0.05, 0) is 37.0 Å². The molecule has 2 unspecified atom stereocenters. The Balaban J connectivity index is 1.89. The molecule has 1 saturated heterocycles. The van der Waals surface area contributed by atoms with Gasteiger partial charge in [0.05, 0.1) is 19.1 Å². The zero-order chi connectivity index (χ0) is 16.9. The molecule has 1 aromatic carbocycles. The van der Waals surface area contributed by atoms with Gasteiger partial charge in [0.1, 0.15) is 0 Å². The fourth-order valence-corrected chi connectivity index (χ4v) is 3.94. The second kappa shape index (κ2) is 7.99. The van der Waals surface area contributed by atoms with Crippen molar-refractivity contribution in [3.05, 3.63) is 56.7 Å². The molecule has 1 aromatic rings. The van der Waals surface area contributed by atoms with E-state index in [1.54, 1.807) is 0 Å². The minimum atomic E-state index is -0.190. The van der Waals surface area contributed by atoms with Gasteiger partial charge in [-0.25, -0.2) is 0 Å². The molecule has 2 aliphatic rings. The van der Waals surface area contributed by atoms with E-state index in [0.717, 1.165) is 51.1 Å². The van der Waals surface area contributed by atoms with Crippen LogP contribution in [-0.4, -0.2) is 42.7 Å². The Morgan fingerprint density at radius 2 is 2.00 bits per heavy atom. The summed E-state index contributed by atoms with van der Waals surface area (Å²) in [6.07, 6.45) is 5.40. The van der Waals surface area contributed by atoms with Gasteiger partial charge in [0, 0.05) is 34.7 Å². The molecule has 0 N–H and O–H groups in total. The maximum absolute atomic E-state index is 11.3. The van der Waals surface area contributed by atoms with Gasteiger partial charge in [-0.3, -0.25) is 10.1 Å². The topological polar surface area (TPSA) is 55.6 Å². The fraction of sp³-hybridized carbons (Fsp3) is 0.556. The van der Waals surface area contributed by atoms with Crippen LogP contribution in [0.4, 0.5) is 0 Å². The molecule has 1 fully saturated rings. The van der Waals surface area contributed by atoms with E-state index in [1.165, 1.54) is 5.70 Å². The van der Waals surface area contributed by atoms with Gasteiger partial charge in [0.15, 0.2) is 0 Å². The molecule has 5 nitrogen and oxygen atoms in total. The summed E-state index contributed by atoms with van der Waals surface area (Å²) in [5.41, 5.74) is 2.27. The smallest absolute Gasteiger partial charge is 0.211 e. The number of benzene rings is 1. The van der Waals surface area contributed by atoms with Gasteiger partial charge in [-0.15, -0.1) is 0 Å². The number of hydrogen-bond donors (Lipinski definition) is 0. The number of rotatable bonds is 5. The van der Waals surface area contributed by atoms with Crippen molar-refractivity contribution in [2.45, 2.75) is 25.2 Å². The molecular formula is C18H23ClN2O3. The zero-order valence-corrected chi connectivity index (χ0v) is 14.5.